The molecule has 1 fully saturated rings. The zero-order valence-electron chi connectivity index (χ0n) is 18.4. The standard InChI is InChI=1S/C25H28N6O/c1-2-26-24-23-20(16-19(17-21(23)32)18-8-4-3-5-9-18)28-25(29-24)31-14-12-30(13-15-31)22-10-6-7-11-27-22/h3-11,19H,2,12-17H2,1H3,(H,26,28,29)/t19-/m1/s1. The van der Waals surface area contributed by atoms with Crippen LogP contribution in [0.1, 0.15) is 40.9 Å². The molecule has 0 amide bonds. The predicted molar refractivity (Wildman–Crippen MR) is 127 cm³/mol. The lowest BCUT2D eigenvalue weighted by molar-refractivity contribution is 0.0963. The van der Waals surface area contributed by atoms with Crippen LogP contribution >= 0.6 is 0 Å². The smallest absolute Gasteiger partial charge is 0.227 e. The normalized spacial score (nSPS) is 18.4. The summed E-state index contributed by atoms with van der Waals surface area (Å²) in [5.41, 5.74) is 2.73. The average Bonchev–Trinajstić information content (AvgIpc) is 2.85. The summed E-state index contributed by atoms with van der Waals surface area (Å²) in [5.74, 6) is 2.68. The summed E-state index contributed by atoms with van der Waals surface area (Å²) in [7, 11) is 0. The summed E-state index contributed by atoms with van der Waals surface area (Å²) < 4.78 is 0. The lowest BCUT2D eigenvalue weighted by Crippen LogP contribution is -2.47. The second kappa shape index (κ2) is 8.94. The first-order valence-corrected chi connectivity index (χ1v) is 11.4. The van der Waals surface area contributed by atoms with E-state index in [2.05, 4.69) is 32.2 Å². The number of carbonyl (C=O) groups excluding carboxylic acids is 1. The molecule has 1 N–H and O–H groups in total. The minimum Gasteiger partial charge on any atom is -0.370 e. The minimum absolute atomic E-state index is 0.127. The van der Waals surface area contributed by atoms with Crippen molar-refractivity contribution in [3.8, 4) is 0 Å². The van der Waals surface area contributed by atoms with Gasteiger partial charge < -0.3 is 15.1 Å². The molecule has 7 heteroatoms. The topological polar surface area (TPSA) is 74.2 Å². The van der Waals surface area contributed by atoms with Gasteiger partial charge >= 0.3 is 0 Å². The first-order chi connectivity index (χ1) is 15.7. The zero-order chi connectivity index (χ0) is 21.9. The van der Waals surface area contributed by atoms with Crippen molar-refractivity contribution in [1.29, 1.82) is 0 Å². The van der Waals surface area contributed by atoms with Crippen LogP contribution < -0.4 is 15.1 Å². The Balaban J connectivity index is 1.41. The molecule has 0 saturated carbocycles. The predicted octanol–water partition coefficient (Wildman–Crippen LogP) is 3.54. The Morgan fingerprint density at radius 1 is 0.938 bits per heavy atom. The van der Waals surface area contributed by atoms with Gasteiger partial charge in [-0.1, -0.05) is 36.4 Å². The van der Waals surface area contributed by atoms with Crippen molar-refractivity contribution in [3.05, 3.63) is 71.5 Å². The van der Waals surface area contributed by atoms with Crippen molar-refractivity contribution < 1.29 is 4.79 Å². The van der Waals surface area contributed by atoms with E-state index in [9.17, 15) is 4.79 Å². The van der Waals surface area contributed by atoms with Crippen molar-refractivity contribution in [1.82, 2.24) is 15.0 Å². The highest BCUT2D eigenvalue weighted by Gasteiger charge is 2.32. The number of fused-ring (bicyclic) bond motifs is 1. The molecule has 1 saturated heterocycles. The second-order valence-electron chi connectivity index (χ2n) is 8.33. The molecule has 164 valence electrons. The molecule has 3 aromatic rings. The molecule has 1 aromatic carbocycles. The molecule has 0 spiro atoms. The Kier molecular flexibility index (Phi) is 5.71. The molecule has 0 bridgehead atoms. The average molecular weight is 429 g/mol. The number of anilines is 3. The summed E-state index contributed by atoms with van der Waals surface area (Å²) >= 11 is 0. The molecular formula is C25H28N6O. The van der Waals surface area contributed by atoms with E-state index in [0.29, 0.717) is 30.3 Å². The number of nitrogens with one attached hydrogen (secondary N) is 1. The number of hydrogen-bond acceptors (Lipinski definition) is 7. The first-order valence-electron chi connectivity index (χ1n) is 11.4. The molecule has 0 unspecified atom stereocenters. The van der Waals surface area contributed by atoms with Gasteiger partial charge in [-0.05, 0) is 37.0 Å². The number of aromatic nitrogens is 3. The molecule has 2 aliphatic rings. The van der Waals surface area contributed by atoms with Crippen LogP contribution in [0.15, 0.2) is 54.7 Å². The Morgan fingerprint density at radius 2 is 1.69 bits per heavy atom. The van der Waals surface area contributed by atoms with Crippen molar-refractivity contribution in [2.75, 3.05) is 47.8 Å². The Bertz CT molecular complexity index is 1080. The first kappa shape index (κ1) is 20.4. The fourth-order valence-electron chi connectivity index (χ4n) is 4.64. The number of pyridine rings is 1. The van der Waals surface area contributed by atoms with E-state index >= 15 is 0 Å². The van der Waals surface area contributed by atoms with Crippen LogP contribution in [0.3, 0.4) is 0 Å². The molecule has 1 aliphatic carbocycles. The number of ketones is 1. The number of Topliss-reactive ketones (excluding diaryl/α,β-unsaturated/α-hetero) is 1. The fraction of sp³-hybridized carbons (Fsp3) is 0.360. The van der Waals surface area contributed by atoms with Gasteiger partial charge in [-0.2, -0.15) is 4.98 Å². The third-order valence-corrected chi connectivity index (χ3v) is 6.27. The minimum atomic E-state index is 0.127. The van der Waals surface area contributed by atoms with E-state index in [1.54, 1.807) is 0 Å². The molecule has 3 heterocycles. The lowest BCUT2D eigenvalue weighted by atomic mass is 9.82. The maximum absolute atomic E-state index is 13.1. The maximum Gasteiger partial charge on any atom is 0.227 e. The zero-order valence-corrected chi connectivity index (χ0v) is 18.4. The molecule has 1 atom stereocenters. The van der Waals surface area contributed by atoms with Crippen molar-refractivity contribution in [3.63, 3.8) is 0 Å². The van der Waals surface area contributed by atoms with E-state index in [1.807, 2.05) is 49.5 Å². The van der Waals surface area contributed by atoms with Gasteiger partial charge in [-0.3, -0.25) is 4.79 Å². The van der Waals surface area contributed by atoms with Crippen LogP contribution in [0.2, 0.25) is 0 Å². The summed E-state index contributed by atoms with van der Waals surface area (Å²) in [6, 6.07) is 16.3. The van der Waals surface area contributed by atoms with Crippen LogP contribution in [0.4, 0.5) is 17.6 Å². The molecule has 2 aromatic heterocycles. The largest absolute Gasteiger partial charge is 0.370 e. The van der Waals surface area contributed by atoms with Crippen molar-refractivity contribution >= 4 is 23.4 Å². The maximum atomic E-state index is 13.1. The number of nitrogens with zero attached hydrogens (tertiary/aromatic N) is 5. The SMILES string of the molecule is CCNc1nc(N2CCN(c3ccccn3)CC2)nc2c1C(=O)C[C@H](c1ccccc1)C2. The van der Waals surface area contributed by atoms with Crippen LogP contribution in [-0.2, 0) is 6.42 Å². The van der Waals surface area contributed by atoms with Crippen LogP contribution in [-0.4, -0.2) is 53.5 Å². The van der Waals surface area contributed by atoms with Gasteiger partial charge in [0, 0.05) is 45.3 Å². The highest BCUT2D eigenvalue weighted by atomic mass is 16.1. The monoisotopic (exact) mass is 428 g/mol. The molecule has 0 radical (unpaired) electrons. The van der Waals surface area contributed by atoms with Crippen LogP contribution in [0.5, 0.6) is 0 Å². The Morgan fingerprint density at radius 3 is 2.41 bits per heavy atom. The van der Waals surface area contributed by atoms with Gasteiger partial charge in [0.2, 0.25) is 5.95 Å². The summed E-state index contributed by atoms with van der Waals surface area (Å²) in [6.07, 6.45) is 3.09. The number of rotatable bonds is 5. The fourth-order valence-corrected chi connectivity index (χ4v) is 4.64. The van der Waals surface area contributed by atoms with Crippen molar-refractivity contribution in [2.45, 2.75) is 25.7 Å². The van der Waals surface area contributed by atoms with Gasteiger partial charge in [0.25, 0.3) is 0 Å². The third kappa shape index (κ3) is 4.02. The lowest BCUT2D eigenvalue weighted by Gasteiger charge is -2.36. The summed E-state index contributed by atoms with van der Waals surface area (Å²) in [5, 5.41) is 3.32. The van der Waals surface area contributed by atoms with Crippen molar-refractivity contribution in [2.24, 2.45) is 0 Å². The van der Waals surface area contributed by atoms with Gasteiger partial charge in [0.1, 0.15) is 11.6 Å². The number of hydrogen-bond donors (Lipinski definition) is 1. The molecule has 7 nitrogen and oxygen atoms in total. The van der Waals surface area contributed by atoms with Gasteiger partial charge in [0.05, 0.1) is 11.3 Å². The Labute approximate surface area is 188 Å². The molecular weight excluding hydrogens is 400 g/mol. The third-order valence-electron chi connectivity index (χ3n) is 6.27. The quantitative estimate of drug-likeness (QED) is 0.666. The van der Waals surface area contributed by atoms with Gasteiger partial charge in [0.15, 0.2) is 5.78 Å². The van der Waals surface area contributed by atoms with E-state index in [0.717, 1.165) is 44.1 Å². The molecule has 1 aliphatic heterocycles. The highest BCUT2D eigenvalue weighted by Crippen LogP contribution is 2.35. The Hall–Kier alpha value is -3.48. The van der Waals surface area contributed by atoms with Crippen LogP contribution in [0.25, 0.3) is 0 Å². The highest BCUT2D eigenvalue weighted by molar-refractivity contribution is 6.03. The summed E-state index contributed by atoms with van der Waals surface area (Å²) in [6.45, 7) is 6.10. The second-order valence-corrected chi connectivity index (χ2v) is 8.33. The number of carbonyl (C=O) groups is 1. The van der Waals surface area contributed by atoms with E-state index in [4.69, 9.17) is 9.97 Å². The van der Waals surface area contributed by atoms with E-state index in [1.165, 1.54) is 5.56 Å². The van der Waals surface area contributed by atoms with E-state index in [-0.39, 0.29) is 11.7 Å². The van der Waals surface area contributed by atoms with Gasteiger partial charge in [-0.15, -0.1) is 0 Å². The molecule has 32 heavy (non-hydrogen) atoms. The summed E-state index contributed by atoms with van der Waals surface area (Å²) in [4.78, 5) is 31.8. The van der Waals surface area contributed by atoms with Gasteiger partial charge in [-0.25, -0.2) is 9.97 Å². The number of benzene rings is 1. The van der Waals surface area contributed by atoms with Crippen LogP contribution in [0, 0.1) is 0 Å². The van der Waals surface area contributed by atoms with E-state index < -0.39 is 0 Å². The molecule has 5 rings (SSSR count). The number of piperazine rings is 1.